The Bertz CT molecular complexity index is 468. The predicted octanol–water partition coefficient (Wildman–Crippen LogP) is 2.42. The summed E-state index contributed by atoms with van der Waals surface area (Å²) < 4.78 is 0. The van der Waals surface area contributed by atoms with Crippen LogP contribution in [0.25, 0.3) is 0 Å². The van der Waals surface area contributed by atoms with Gasteiger partial charge in [-0.15, -0.1) is 0 Å². The van der Waals surface area contributed by atoms with Crippen molar-refractivity contribution in [2.75, 3.05) is 37.6 Å². The number of rotatable bonds is 3. The molecule has 0 spiro atoms. The van der Waals surface area contributed by atoms with Gasteiger partial charge in [0.25, 0.3) is 0 Å². The van der Waals surface area contributed by atoms with Crippen LogP contribution in [0.2, 0.25) is 0 Å². The molecule has 1 aromatic heterocycles. The van der Waals surface area contributed by atoms with E-state index in [0.717, 1.165) is 24.7 Å². The highest BCUT2D eigenvalue weighted by Gasteiger charge is 2.22. The zero-order chi connectivity index (χ0) is 15.4. The normalized spacial score (nSPS) is 27.6. The van der Waals surface area contributed by atoms with Gasteiger partial charge in [-0.3, -0.25) is 4.98 Å². The van der Waals surface area contributed by atoms with Crippen molar-refractivity contribution < 1.29 is 0 Å². The second kappa shape index (κ2) is 7.42. The van der Waals surface area contributed by atoms with Crippen molar-refractivity contribution in [3.63, 3.8) is 0 Å². The van der Waals surface area contributed by atoms with Gasteiger partial charge in [0.05, 0.1) is 0 Å². The molecule has 1 saturated heterocycles. The maximum Gasteiger partial charge on any atom is 0.0400 e. The Kier molecular flexibility index (Phi) is 5.32. The van der Waals surface area contributed by atoms with E-state index in [1.807, 2.05) is 6.20 Å². The first kappa shape index (κ1) is 15.8. The van der Waals surface area contributed by atoms with Crippen molar-refractivity contribution in [1.29, 1.82) is 0 Å². The van der Waals surface area contributed by atoms with Crippen LogP contribution in [0.3, 0.4) is 0 Å². The van der Waals surface area contributed by atoms with Gasteiger partial charge in [0.2, 0.25) is 0 Å². The molecule has 122 valence electrons. The molecule has 3 rings (SSSR count). The van der Waals surface area contributed by atoms with Crippen molar-refractivity contribution in [3.8, 4) is 0 Å². The summed E-state index contributed by atoms with van der Waals surface area (Å²) in [5, 5.41) is 0. The Morgan fingerprint density at radius 3 is 2.73 bits per heavy atom. The van der Waals surface area contributed by atoms with Gasteiger partial charge in [-0.2, -0.15) is 0 Å². The summed E-state index contributed by atoms with van der Waals surface area (Å²) in [5.41, 5.74) is 8.46. The summed E-state index contributed by atoms with van der Waals surface area (Å²) in [6, 6.07) is 4.81. The van der Waals surface area contributed by atoms with Crippen LogP contribution in [0.1, 0.15) is 37.8 Å². The molecular formula is C18H30N4. The zero-order valence-corrected chi connectivity index (χ0v) is 13.9. The molecule has 0 radical (unpaired) electrons. The first-order chi connectivity index (χ1) is 10.7. The van der Waals surface area contributed by atoms with E-state index >= 15 is 0 Å². The molecule has 4 nitrogen and oxygen atoms in total. The van der Waals surface area contributed by atoms with Crippen LogP contribution in [0.5, 0.6) is 0 Å². The predicted molar refractivity (Wildman–Crippen MR) is 92.2 cm³/mol. The average Bonchev–Trinajstić information content (AvgIpc) is 2.75. The second-order valence-electron chi connectivity index (χ2n) is 7.08. The molecule has 2 heterocycles. The van der Waals surface area contributed by atoms with E-state index in [0.29, 0.717) is 6.04 Å². The highest BCUT2D eigenvalue weighted by Crippen LogP contribution is 2.25. The number of hydrogen-bond donors (Lipinski definition) is 1. The lowest BCUT2D eigenvalue weighted by Gasteiger charge is -2.31. The summed E-state index contributed by atoms with van der Waals surface area (Å²) in [7, 11) is 0. The lowest BCUT2D eigenvalue weighted by Crippen LogP contribution is -2.36. The van der Waals surface area contributed by atoms with Crippen LogP contribution in [-0.4, -0.2) is 48.6 Å². The molecule has 0 amide bonds. The van der Waals surface area contributed by atoms with Gasteiger partial charge in [0.15, 0.2) is 0 Å². The summed E-state index contributed by atoms with van der Waals surface area (Å²) in [6.07, 6.45) is 8.28. The molecule has 0 bridgehead atoms. The van der Waals surface area contributed by atoms with Crippen LogP contribution in [0.15, 0.2) is 18.3 Å². The van der Waals surface area contributed by atoms with Gasteiger partial charge < -0.3 is 15.5 Å². The van der Waals surface area contributed by atoms with Crippen molar-refractivity contribution in [2.24, 2.45) is 11.7 Å². The molecule has 4 heteroatoms. The number of nitrogens with zero attached hydrogens (tertiary/aromatic N) is 3. The van der Waals surface area contributed by atoms with E-state index in [-0.39, 0.29) is 0 Å². The van der Waals surface area contributed by atoms with Crippen molar-refractivity contribution >= 4 is 5.69 Å². The number of nitrogens with two attached hydrogens (primary N) is 1. The Morgan fingerprint density at radius 1 is 1.14 bits per heavy atom. The maximum atomic E-state index is 6.02. The molecule has 0 aromatic carbocycles. The second-order valence-corrected chi connectivity index (χ2v) is 7.08. The molecule has 0 unspecified atom stereocenters. The molecule has 1 aliphatic heterocycles. The van der Waals surface area contributed by atoms with Crippen molar-refractivity contribution in [3.05, 3.63) is 24.0 Å². The summed E-state index contributed by atoms with van der Waals surface area (Å²) in [4.78, 5) is 9.50. The molecule has 1 aromatic rings. The highest BCUT2D eigenvalue weighted by molar-refractivity contribution is 5.46. The highest BCUT2D eigenvalue weighted by atomic mass is 15.2. The Labute approximate surface area is 134 Å². The number of aromatic nitrogens is 1. The van der Waals surface area contributed by atoms with Gasteiger partial charge in [-0.25, -0.2) is 0 Å². The SMILES string of the molecule is Cc1cc(N2CCCN(CC3CCC(N)CC3)CC2)ccn1. The summed E-state index contributed by atoms with van der Waals surface area (Å²) in [6.45, 7) is 8.07. The standard InChI is InChI=1S/C18H30N4/c1-15-13-18(7-8-20-15)22-10-2-9-21(11-12-22)14-16-3-5-17(19)6-4-16/h7-8,13,16-17H,2-6,9-12,14,19H2,1H3. The number of anilines is 1. The summed E-state index contributed by atoms with van der Waals surface area (Å²) >= 11 is 0. The monoisotopic (exact) mass is 302 g/mol. The number of aryl methyl sites for hydroxylation is 1. The van der Waals surface area contributed by atoms with E-state index in [1.165, 1.54) is 57.4 Å². The molecule has 1 aliphatic carbocycles. The Hall–Kier alpha value is -1.13. The van der Waals surface area contributed by atoms with Crippen LogP contribution < -0.4 is 10.6 Å². The van der Waals surface area contributed by atoms with Gasteiger partial charge in [-0.05, 0) is 63.6 Å². The van der Waals surface area contributed by atoms with Gasteiger partial charge in [0, 0.05) is 49.8 Å². The molecule has 0 atom stereocenters. The van der Waals surface area contributed by atoms with E-state index in [1.54, 1.807) is 0 Å². The van der Waals surface area contributed by atoms with Crippen molar-refractivity contribution in [2.45, 2.75) is 45.1 Å². The smallest absolute Gasteiger partial charge is 0.0400 e. The molecule has 2 aliphatic rings. The first-order valence-electron chi connectivity index (χ1n) is 8.86. The van der Waals surface area contributed by atoms with Crippen LogP contribution >= 0.6 is 0 Å². The van der Waals surface area contributed by atoms with Gasteiger partial charge >= 0.3 is 0 Å². The quantitative estimate of drug-likeness (QED) is 0.931. The molecule has 2 N–H and O–H groups in total. The fraction of sp³-hybridized carbons (Fsp3) is 0.722. The first-order valence-corrected chi connectivity index (χ1v) is 8.86. The van der Waals surface area contributed by atoms with Crippen molar-refractivity contribution in [1.82, 2.24) is 9.88 Å². The fourth-order valence-corrected chi connectivity index (χ4v) is 3.87. The zero-order valence-electron chi connectivity index (χ0n) is 13.9. The molecule has 1 saturated carbocycles. The molecule has 2 fully saturated rings. The van der Waals surface area contributed by atoms with Crippen LogP contribution in [-0.2, 0) is 0 Å². The van der Waals surface area contributed by atoms with Crippen LogP contribution in [0, 0.1) is 12.8 Å². The molecule has 22 heavy (non-hydrogen) atoms. The third-order valence-corrected chi connectivity index (χ3v) is 5.24. The maximum absolute atomic E-state index is 6.02. The fourth-order valence-electron chi connectivity index (χ4n) is 3.87. The minimum Gasteiger partial charge on any atom is -0.370 e. The van der Waals surface area contributed by atoms with Gasteiger partial charge in [-0.1, -0.05) is 0 Å². The lowest BCUT2D eigenvalue weighted by atomic mass is 9.86. The van der Waals surface area contributed by atoms with E-state index in [2.05, 4.69) is 33.8 Å². The van der Waals surface area contributed by atoms with Gasteiger partial charge in [0.1, 0.15) is 0 Å². The topological polar surface area (TPSA) is 45.4 Å². The third-order valence-electron chi connectivity index (χ3n) is 5.24. The minimum absolute atomic E-state index is 0.464. The van der Waals surface area contributed by atoms with E-state index in [4.69, 9.17) is 5.73 Å². The summed E-state index contributed by atoms with van der Waals surface area (Å²) in [5.74, 6) is 0.870. The Balaban J connectivity index is 1.51. The van der Waals surface area contributed by atoms with Crippen LogP contribution in [0.4, 0.5) is 5.69 Å². The number of pyridine rings is 1. The number of hydrogen-bond acceptors (Lipinski definition) is 4. The molecular weight excluding hydrogens is 272 g/mol. The van der Waals surface area contributed by atoms with E-state index < -0.39 is 0 Å². The van der Waals surface area contributed by atoms with E-state index in [9.17, 15) is 0 Å². The Morgan fingerprint density at radius 2 is 1.95 bits per heavy atom. The average molecular weight is 302 g/mol. The third kappa shape index (κ3) is 4.20. The minimum atomic E-state index is 0.464. The largest absolute Gasteiger partial charge is 0.370 e. The lowest BCUT2D eigenvalue weighted by molar-refractivity contribution is 0.204.